The summed E-state index contributed by atoms with van der Waals surface area (Å²) in [6.07, 6.45) is 1.13. The second-order valence-electron chi connectivity index (χ2n) is 4.09. The van der Waals surface area contributed by atoms with E-state index in [1.54, 1.807) is 6.07 Å². The molecule has 5 nitrogen and oxygen atoms in total. The molecule has 0 aliphatic heterocycles. The van der Waals surface area contributed by atoms with Crippen molar-refractivity contribution in [2.24, 2.45) is 0 Å². The van der Waals surface area contributed by atoms with Crippen LogP contribution in [0.25, 0.3) is 0 Å². The third-order valence-electron chi connectivity index (χ3n) is 2.53. The van der Waals surface area contributed by atoms with Crippen LogP contribution in [-0.2, 0) is 9.59 Å². The van der Waals surface area contributed by atoms with E-state index in [1.807, 2.05) is 6.92 Å². The number of halogens is 2. The van der Waals surface area contributed by atoms with Gasteiger partial charge in [0.2, 0.25) is 5.91 Å². The Hall–Kier alpha value is -1.66. The first kappa shape index (κ1) is 18.3. The van der Waals surface area contributed by atoms with Crippen molar-refractivity contribution in [3.63, 3.8) is 0 Å². The number of carbonyl (C=O) groups is 2. The first-order chi connectivity index (χ1) is 9.04. The number of aliphatic carboxylic acids is 1. The van der Waals surface area contributed by atoms with Gasteiger partial charge < -0.3 is 10.4 Å². The minimum atomic E-state index is -0.999. The lowest BCUT2D eigenvalue weighted by molar-refractivity contribution is -0.139. The van der Waals surface area contributed by atoms with Gasteiger partial charge in [-0.05, 0) is 18.6 Å². The number of hydrogen-bond acceptors (Lipinski definition) is 3. The van der Waals surface area contributed by atoms with E-state index in [4.69, 9.17) is 5.11 Å². The molecule has 0 spiro atoms. The molecule has 1 aromatic carbocycles. The number of carboxylic acids is 1. The van der Waals surface area contributed by atoms with Crippen LogP contribution in [0, 0.1) is 5.82 Å². The molecule has 0 saturated carbocycles. The standard InChI is InChI=1S/C13H17FN2O3.ClH/c1-2-5-11(13(18)19)15-8-12(17)16-10-7-4-3-6-9(10)14;/h3-4,6-7,11,15H,2,5,8H2,1H3,(H,16,17)(H,18,19);1H. The lowest BCUT2D eigenvalue weighted by Gasteiger charge is -2.13. The van der Waals surface area contributed by atoms with E-state index in [0.717, 1.165) is 0 Å². The molecule has 0 heterocycles. The summed E-state index contributed by atoms with van der Waals surface area (Å²) in [5.74, 6) is -2.01. The summed E-state index contributed by atoms with van der Waals surface area (Å²) in [6.45, 7) is 1.68. The van der Waals surface area contributed by atoms with Gasteiger partial charge in [0.25, 0.3) is 0 Å². The largest absolute Gasteiger partial charge is 0.480 e. The Morgan fingerprint density at radius 1 is 1.35 bits per heavy atom. The van der Waals surface area contributed by atoms with Gasteiger partial charge >= 0.3 is 5.97 Å². The molecule has 3 N–H and O–H groups in total. The Morgan fingerprint density at radius 2 is 2.00 bits per heavy atom. The first-order valence-corrected chi connectivity index (χ1v) is 6.05. The van der Waals surface area contributed by atoms with E-state index >= 15 is 0 Å². The lowest BCUT2D eigenvalue weighted by atomic mass is 10.2. The van der Waals surface area contributed by atoms with E-state index in [9.17, 15) is 14.0 Å². The van der Waals surface area contributed by atoms with Crippen LogP contribution in [0.2, 0.25) is 0 Å². The Balaban J connectivity index is 0.00000361. The van der Waals surface area contributed by atoms with Gasteiger partial charge in [-0.3, -0.25) is 14.9 Å². The highest BCUT2D eigenvalue weighted by Gasteiger charge is 2.16. The zero-order chi connectivity index (χ0) is 14.3. The Labute approximate surface area is 123 Å². The van der Waals surface area contributed by atoms with Gasteiger partial charge in [-0.2, -0.15) is 0 Å². The summed E-state index contributed by atoms with van der Waals surface area (Å²) in [4.78, 5) is 22.4. The number of hydrogen-bond donors (Lipinski definition) is 3. The second-order valence-corrected chi connectivity index (χ2v) is 4.09. The third kappa shape index (κ3) is 5.99. The fourth-order valence-corrected chi connectivity index (χ4v) is 1.57. The van der Waals surface area contributed by atoms with Crippen molar-refractivity contribution < 1.29 is 19.1 Å². The number of anilines is 1. The molecular weight excluding hydrogens is 287 g/mol. The highest BCUT2D eigenvalue weighted by Crippen LogP contribution is 2.11. The van der Waals surface area contributed by atoms with Gasteiger partial charge in [-0.25, -0.2) is 4.39 Å². The first-order valence-electron chi connectivity index (χ1n) is 6.05. The molecule has 0 saturated heterocycles. The maximum Gasteiger partial charge on any atom is 0.320 e. The Morgan fingerprint density at radius 3 is 2.55 bits per heavy atom. The van der Waals surface area contributed by atoms with Crippen LogP contribution in [0.3, 0.4) is 0 Å². The van der Waals surface area contributed by atoms with Crippen LogP contribution in [-0.4, -0.2) is 29.6 Å². The SMILES string of the molecule is CCCC(NCC(=O)Nc1ccccc1F)C(=O)O.Cl. The van der Waals surface area contributed by atoms with Crippen LogP contribution in [0.1, 0.15) is 19.8 Å². The summed E-state index contributed by atoms with van der Waals surface area (Å²) < 4.78 is 13.3. The minimum Gasteiger partial charge on any atom is -0.480 e. The molecule has 0 aromatic heterocycles. The van der Waals surface area contributed by atoms with Gasteiger partial charge in [-0.1, -0.05) is 25.5 Å². The highest BCUT2D eigenvalue weighted by molar-refractivity contribution is 5.92. The lowest BCUT2D eigenvalue weighted by Crippen LogP contribution is -2.41. The normalized spacial score (nSPS) is 11.3. The maximum atomic E-state index is 13.3. The predicted octanol–water partition coefficient (Wildman–Crippen LogP) is 2.03. The summed E-state index contributed by atoms with van der Waals surface area (Å²) >= 11 is 0. The van der Waals surface area contributed by atoms with Crippen LogP contribution < -0.4 is 10.6 Å². The molecule has 1 unspecified atom stereocenters. The molecule has 0 bridgehead atoms. The molecule has 0 radical (unpaired) electrons. The van der Waals surface area contributed by atoms with Crippen molar-refractivity contribution in [2.75, 3.05) is 11.9 Å². The zero-order valence-corrected chi connectivity index (χ0v) is 11.9. The number of para-hydroxylation sites is 1. The number of rotatable bonds is 7. The second kappa shape index (κ2) is 9.28. The van der Waals surface area contributed by atoms with E-state index in [0.29, 0.717) is 12.8 Å². The van der Waals surface area contributed by atoms with E-state index in [2.05, 4.69) is 10.6 Å². The van der Waals surface area contributed by atoms with Gasteiger partial charge in [0.05, 0.1) is 12.2 Å². The predicted molar refractivity (Wildman–Crippen MR) is 76.6 cm³/mol. The summed E-state index contributed by atoms with van der Waals surface area (Å²) in [7, 11) is 0. The van der Waals surface area contributed by atoms with Gasteiger partial charge in [0, 0.05) is 0 Å². The van der Waals surface area contributed by atoms with E-state index in [-0.39, 0.29) is 24.6 Å². The van der Waals surface area contributed by atoms with Crippen molar-refractivity contribution in [2.45, 2.75) is 25.8 Å². The molecule has 7 heteroatoms. The average Bonchev–Trinajstić information content (AvgIpc) is 2.37. The van der Waals surface area contributed by atoms with Crippen LogP contribution in [0.4, 0.5) is 10.1 Å². The summed E-state index contributed by atoms with van der Waals surface area (Å²) in [5.41, 5.74) is 0.0802. The van der Waals surface area contributed by atoms with Gasteiger partial charge in [0.1, 0.15) is 11.9 Å². The number of amides is 1. The quantitative estimate of drug-likeness (QED) is 0.720. The van der Waals surface area contributed by atoms with Crippen LogP contribution in [0.15, 0.2) is 24.3 Å². The van der Waals surface area contributed by atoms with Crippen molar-refractivity contribution in [1.82, 2.24) is 5.32 Å². The van der Waals surface area contributed by atoms with Crippen LogP contribution in [0.5, 0.6) is 0 Å². The third-order valence-corrected chi connectivity index (χ3v) is 2.53. The minimum absolute atomic E-state index is 0. The number of carboxylic acid groups (broad SMARTS) is 1. The van der Waals surface area contributed by atoms with Crippen molar-refractivity contribution in [3.8, 4) is 0 Å². The van der Waals surface area contributed by atoms with Crippen molar-refractivity contribution in [1.29, 1.82) is 0 Å². The van der Waals surface area contributed by atoms with E-state index < -0.39 is 23.7 Å². The van der Waals surface area contributed by atoms with Crippen molar-refractivity contribution >= 4 is 30.0 Å². The fraction of sp³-hybridized carbons (Fsp3) is 0.385. The molecule has 1 atom stereocenters. The Bertz CT molecular complexity index is 457. The van der Waals surface area contributed by atoms with Gasteiger partial charge in [0.15, 0.2) is 0 Å². The fourth-order valence-electron chi connectivity index (χ4n) is 1.57. The highest BCUT2D eigenvalue weighted by atomic mass is 35.5. The molecule has 20 heavy (non-hydrogen) atoms. The molecule has 0 fully saturated rings. The molecule has 0 aliphatic rings. The number of nitrogens with one attached hydrogen (secondary N) is 2. The van der Waals surface area contributed by atoms with E-state index in [1.165, 1.54) is 18.2 Å². The summed E-state index contributed by atoms with van der Waals surface area (Å²) in [5, 5.41) is 13.9. The smallest absolute Gasteiger partial charge is 0.320 e. The Kier molecular flexibility index (Phi) is 8.51. The number of benzene rings is 1. The molecule has 1 amide bonds. The molecule has 0 aliphatic carbocycles. The van der Waals surface area contributed by atoms with Crippen LogP contribution >= 0.6 is 12.4 Å². The molecule has 1 rings (SSSR count). The molecule has 1 aromatic rings. The molecular formula is C13H18ClFN2O3. The average molecular weight is 305 g/mol. The van der Waals surface area contributed by atoms with Crippen molar-refractivity contribution in [3.05, 3.63) is 30.1 Å². The monoisotopic (exact) mass is 304 g/mol. The zero-order valence-electron chi connectivity index (χ0n) is 11.1. The summed E-state index contributed by atoms with van der Waals surface area (Å²) in [6, 6.07) is 5.03. The molecule has 112 valence electrons. The topological polar surface area (TPSA) is 78.4 Å². The number of carbonyl (C=O) groups excluding carboxylic acids is 1. The maximum absolute atomic E-state index is 13.3. The van der Waals surface area contributed by atoms with Gasteiger partial charge in [-0.15, -0.1) is 12.4 Å².